The Hall–Kier alpha value is -1.06. The van der Waals surface area contributed by atoms with Crippen molar-refractivity contribution in [3.8, 4) is 0 Å². The van der Waals surface area contributed by atoms with Crippen molar-refractivity contribution in [2.45, 2.75) is 57.1 Å². The molecule has 0 fully saturated rings. The summed E-state index contributed by atoms with van der Waals surface area (Å²) in [5.74, 6) is 0.951. The number of rotatable bonds is 11. The van der Waals surface area contributed by atoms with Crippen molar-refractivity contribution < 1.29 is 9.47 Å². The molecule has 0 aromatic heterocycles. The van der Waals surface area contributed by atoms with Crippen molar-refractivity contribution in [1.29, 1.82) is 0 Å². The van der Waals surface area contributed by atoms with Gasteiger partial charge in [0.05, 0.1) is 6.10 Å². The van der Waals surface area contributed by atoms with E-state index in [9.17, 15) is 0 Å². The highest BCUT2D eigenvalue weighted by Crippen LogP contribution is 2.14. The van der Waals surface area contributed by atoms with Gasteiger partial charge in [-0.15, -0.1) is 6.58 Å². The molecule has 0 saturated heterocycles. The van der Waals surface area contributed by atoms with Gasteiger partial charge in [0.15, 0.2) is 0 Å². The molecule has 3 heteroatoms. The van der Waals surface area contributed by atoms with Crippen molar-refractivity contribution >= 4 is 0 Å². The molecule has 0 amide bonds. The van der Waals surface area contributed by atoms with Gasteiger partial charge in [0.25, 0.3) is 0 Å². The fourth-order valence-corrected chi connectivity index (χ4v) is 2.30. The molecule has 0 aliphatic heterocycles. The molecule has 114 valence electrons. The van der Waals surface area contributed by atoms with Gasteiger partial charge in [-0.05, 0) is 50.7 Å². The first-order chi connectivity index (χ1) is 9.76. The summed E-state index contributed by atoms with van der Waals surface area (Å²) in [7, 11) is 1.76. The van der Waals surface area contributed by atoms with Crippen molar-refractivity contribution in [2.75, 3.05) is 13.7 Å². The molecule has 2 atom stereocenters. The third-order valence-electron chi connectivity index (χ3n) is 3.51. The summed E-state index contributed by atoms with van der Waals surface area (Å²) in [6.07, 6.45) is 16.0. The van der Waals surface area contributed by atoms with E-state index >= 15 is 0 Å². The van der Waals surface area contributed by atoms with Crippen LogP contribution in [0, 0.1) is 0 Å². The molecule has 1 rings (SSSR count). The van der Waals surface area contributed by atoms with Gasteiger partial charge < -0.3 is 15.2 Å². The second kappa shape index (κ2) is 10.7. The maximum atomic E-state index is 6.13. The first-order valence-corrected chi connectivity index (χ1v) is 7.65. The molecule has 2 unspecified atom stereocenters. The van der Waals surface area contributed by atoms with Gasteiger partial charge >= 0.3 is 0 Å². The molecule has 0 aromatic rings. The summed E-state index contributed by atoms with van der Waals surface area (Å²) >= 11 is 0. The maximum Gasteiger partial charge on any atom is 0.115 e. The Balaban J connectivity index is 2.17. The molecule has 3 nitrogen and oxygen atoms in total. The van der Waals surface area contributed by atoms with Crippen molar-refractivity contribution in [2.24, 2.45) is 5.73 Å². The van der Waals surface area contributed by atoms with Crippen molar-refractivity contribution in [3.05, 3.63) is 36.6 Å². The lowest BCUT2D eigenvalue weighted by molar-refractivity contribution is 0.0699. The molecule has 20 heavy (non-hydrogen) atoms. The monoisotopic (exact) mass is 279 g/mol. The largest absolute Gasteiger partial charge is 0.492 e. The predicted molar refractivity (Wildman–Crippen MR) is 84.5 cm³/mol. The van der Waals surface area contributed by atoms with Crippen LogP contribution >= 0.6 is 0 Å². The maximum absolute atomic E-state index is 6.13. The summed E-state index contributed by atoms with van der Waals surface area (Å²) in [6.45, 7) is 4.29. The summed E-state index contributed by atoms with van der Waals surface area (Å²) in [5, 5.41) is 0. The quantitative estimate of drug-likeness (QED) is 0.463. The van der Waals surface area contributed by atoms with E-state index in [1.807, 2.05) is 12.2 Å². The van der Waals surface area contributed by atoms with Crippen LogP contribution in [0.15, 0.2) is 36.6 Å². The average Bonchev–Trinajstić information content (AvgIpc) is 2.49. The summed E-state index contributed by atoms with van der Waals surface area (Å²) in [4.78, 5) is 0. The Labute approximate surface area is 123 Å². The van der Waals surface area contributed by atoms with Crippen LogP contribution in [0.3, 0.4) is 0 Å². The van der Waals surface area contributed by atoms with Crippen LogP contribution in [0.2, 0.25) is 0 Å². The lowest BCUT2D eigenvalue weighted by Crippen LogP contribution is -2.31. The molecule has 0 bridgehead atoms. The van der Waals surface area contributed by atoms with Crippen LogP contribution in [0.5, 0.6) is 0 Å². The van der Waals surface area contributed by atoms with E-state index < -0.39 is 0 Å². The predicted octanol–water partition coefficient (Wildman–Crippen LogP) is 3.72. The summed E-state index contributed by atoms with van der Waals surface area (Å²) < 4.78 is 11.2. The normalized spacial score (nSPS) is 17.4. The number of ether oxygens (including phenoxy) is 2. The Bertz CT molecular complexity index is 323. The van der Waals surface area contributed by atoms with Gasteiger partial charge in [0.1, 0.15) is 12.4 Å². The molecule has 1 aliphatic rings. The average molecular weight is 279 g/mol. The van der Waals surface area contributed by atoms with E-state index in [4.69, 9.17) is 15.2 Å². The Morgan fingerprint density at radius 3 is 2.90 bits per heavy atom. The zero-order chi connectivity index (χ0) is 14.6. The van der Waals surface area contributed by atoms with E-state index in [2.05, 4.69) is 18.7 Å². The Kier molecular flexibility index (Phi) is 9.09. The fraction of sp³-hybridized carbons (Fsp3) is 0.647. The number of allylic oxidation sites excluding steroid dienone is 4. The van der Waals surface area contributed by atoms with Crippen LogP contribution in [-0.4, -0.2) is 25.9 Å². The van der Waals surface area contributed by atoms with Gasteiger partial charge in [-0.25, -0.2) is 0 Å². The standard InChI is InChI=1S/C17H29NO2/c1-3-4-5-7-12-17(19-2)13-15(18)14-20-16-10-8-6-9-11-16/h3,8,10-11,15,17H,1,4-7,9,12-14,18H2,2H3. The lowest BCUT2D eigenvalue weighted by atomic mass is 10.0. The number of unbranched alkanes of at least 4 members (excludes halogenated alkanes) is 2. The molecular weight excluding hydrogens is 250 g/mol. The van der Waals surface area contributed by atoms with Gasteiger partial charge in [0.2, 0.25) is 0 Å². The van der Waals surface area contributed by atoms with Gasteiger partial charge in [0, 0.05) is 13.2 Å². The van der Waals surface area contributed by atoms with Crippen LogP contribution in [-0.2, 0) is 9.47 Å². The summed E-state index contributed by atoms with van der Waals surface area (Å²) in [6, 6.07) is 0.0237. The minimum Gasteiger partial charge on any atom is -0.492 e. The second-order valence-electron chi connectivity index (χ2n) is 5.32. The zero-order valence-electron chi connectivity index (χ0n) is 12.7. The third-order valence-corrected chi connectivity index (χ3v) is 3.51. The van der Waals surface area contributed by atoms with Gasteiger partial charge in [-0.1, -0.05) is 18.6 Å². The first-order valence-electron chi connectivity index (χ1n) is 7.65. The highest BCUT2D eigenvalue weighted by atomic mass is 16.5. The number of nitrogens with two attached hydrogens (primary N) is 1. The lowest BCUT2D eigenvalue weighted by Gasteiger charge is -2.20. The van der Waals surface area contributed by atoms with Crippen LogP contribution < -0.4 is 5.73 Å². The van der Waals surface area contributed by atoms with Crippen LogP contribution in [0.4, 0.5) is 0 Å². The smallest absolute Gasteiger partial charge is 0.115 e. The van der Waals surface area contributed by atoms with E-state index in [1.165, 1.54) is 6.42 Å². The molecular formula is C17H29NO2. The zero-order valence-corrected chi connectivity index (χ0v) is 12.7. The minimum absolute atomic E-state index is 0.0237. The van der Waals surface area contributed by atoms with E-state index in [0.29, 0.717) is 6.61 Å². The molecule has 0 saturated carbocycles. The summed E-state index contributed by atoms with van der Waals surface area (Å²) in [5.41, 5.74) is 6.13. The van der Waals surface area contributed by atoms with Crippen LogP contribution in [0.1, 0.15) is 44.9 Å². The third kappa shape index (κ3) is 7.51. The van der Waals surface area contributed by atoms with Crippen molar-refractivity contribution in [3.63, 3.8) is 0 Å². The molecule has 0 radical (unpaired) electrons. The molecule has 0 heterocycles. The van der Waals surface area contributed by atoms with Gasteiger partial charge in [-0.2, -0.15) is 0 Å². The molecule has 2 N–H and O–H groups in total. The minimum atomic E-state index is 0.0237. The Morgan fingerprint density at radius 1 is 1.40 bits per heavy atom. The van der Waals surface area contributed by atoms with Gasteiger partial charge in [-0.3, -0.25) is 0 Å². The number of hydrogen-bond donors (Lipinski definition) is 1. The Morgan fingerprint density at radius 2 is 2.25 bits per heavy atom. The topological polar surface area (TPSA) is 44.5 Å². The highest BCUT2D eigenvalue weighted by molar-refractivity contribution is 5.15. The fourth-order valence-electron chi connectivity index (χ4n) is 2.30. The highest BCUT2D eigenvalue weighted by Gasteiger charge is 2.13. The molecule has 1 aliphatic carbocycles. The second-order valence-corrected chi connectivity index (χ2v) is 5.32. The van der Waals surface area contributed by atoms with E-state index in [0.717, 1.165) is 44.3 Å². The van der Waals surface area contributed by atoms with Crippen molar-refractivity contribution in [1.82, 2.24) is 0 Å². The van der Waals surface area contributed by atoms with E-state index in [-0.39, 0.29) is 12.1 Å². The molecule has 0 spiro atoms. The van der Waals surface area contributed by atoms with E-state index in [1.54, 1.807) is 7.11 Å². The van der Waals surface area contributed by atoms with Crippen LogP contribution in [0.25, 0.3) is 0 Å². The first kappa shape index (κ1) is 17.0. The number of hydrogen-bond acceptors (Lipinski definition) is 3. The SMILES string of the molecule is C=CCCCCC(CC(N)COC1=CCCC=C1)OC. The number of methoxy groups -OCH3 is 1. The molecule has 0 aromatic carbocycles.